The molecule has 2 aliphatic heterocycles. The molecule has 35 heavy (non-hydrogen) atoms. The fourth-order valence-electron chi connectivity index (χ4n) is 5.15. The van der Waals surface area contributed by atoms with Crippen LogP contribution in [-0.4, -0.2) is 36.2 Å². The van der Waals surface area contributed by atoms with E-state index in [-0.39, 0.29) is 11.9 Å². The van der Waals surface area contributed by atoms with Gasteiger partial charge in [0.2, 0.25) is 0 Å². The lowest BCUT2D eigenvalue weighted by Gasteiger charge is -2.31. The summed E-state index contributed by atoms with van der Waals surface area (Å²) in [6, 6.07) is 21.3. The standard InChI is InChI=1S/C30H32ClNO3/c1-3-21-14-15-32(19-21)16-17-34-26-11-6-23(7-12-26)30-29(22-4-8-24(31)9-5-22)20(2)27-18-25(33)10-13-28(27)35-30/h4-13,18,21,30,33H,3,14-17,19H2,1-2H3/t21-,30?/m1/s1. The van der Waals surface area contributed by atoms with E-state index in [0.29, 0.717) is 11.6 Å². The Morgan fingerprint density at radius 2 is 1.83 bits per heavy atom. The molecule has 1 N–H and O–H groups in total. The number of hydrogen-bond donors (Lipinski definition) is 1. The van der Waals surface area contributed by atoms with Crippen molar-refractivity contribution >= 4 is 22.7 Å². The van der Waals surface area contributed by atoms with Crippen LogP contribution in [0.15, 0.2) is 66.7 Å². The van der Waals surface area contributed by atoms with E-state index >= 15 is 0 Å². The number of phenols is 1. The molecule has 5 rings (SSSR count). The highest BCUT2D eigenvalue weighted by atomic mass is 35.5. The number of phenolic OH excluding ortho intramolecular Hbond substituents is 1. The summed E-state index contributed by atoms with van der Waals surface area (Å²) < 4.78 is 12.6. The van der Waals surface area contributed by atoms with Crippen molar-refractivity contribution in [3.05, 3.63) is 88.4 Å². The van der Waals surface area contributed by atoms with Crippen LogP contribution in [0.3, 0.4) is 0 Å². The molecule has 3 aromatic carbocycles. The minimum atomic E-state index is -0.280. The number of benzene rings is 3. The second-order valence-electron chi connectivity index (χ2n) is 9.50. The molecule has 0 aliphatic carbocycles. The highest BCUT2D eigenvalue weighted by Crippen LogP contribution is 2.47. The van der Waals surface area contributed by atoms with Crippen LogP contribution >= 0.6 is 11.6 Å². The minimum Gasteiger partial charge on any atom is -0.508 e. The molecular formula is C30H32ClNO3. The van der Waals surface area contributed by atoms with E-state index in [2.05, 4.69) is 30.9 Å². The summed E-state index contributed by atoms with van der Waals surface area (Å²) in [5.41, 5.74) is 5.13. The Morgan fingerprint density at radius 3 is 2.54 bits per heavy atom. The summed E-state index contributed by atoms with van der Waals surface area (Å²) in [4.78, 5) is 2.50. The normalized spacial score (nSPS) is 20.0. The van der Waals surface area contributed by atoms with Crippen LogP contribution in [0.2, 0.25) is 5.02 Å². The zero-order valence-electron chi connectivity index (χ0n) is 20.3. The van der Waals surface area contributed by atoms with Crippen LogP contribution in [0, 0.1) is 5.92 Å². The van der Waals surface area contributed by atoms with Crippen LogP contribution in [-0.2, 0) is 0 Å². The average Bonchev–Trinajstić information content (AvgIpc) is 3.34. The predicted molar refractivity (Wildman–Crippen MR) is 142 cm³/mol. The van der Waals surface area contributed by atoms with Crippen molar-refractivity contribution in [3.8, 4) is 17.2 Å². The molecular weight excluding hydrogens is 458 g/mol. The Kier molecular flexibility index (Phi) is 7.03. The van der Waals surface area contributed by atoms with Crippen LogP contribution in [0.4, 0.5) is 0 Å². The minimum absolute atomic E-state index is 0.223. The van der Waals surface area contributed by atoms with Gasteiger partial charge in [0.1, 0.15) is 30.0 Å². The molecule has 2 heterocycles. The van der Waals surface area contributed by atoms with E-state index in [4.69, 9.17) is 21.1 Å². The third kappa shape index (κ3) is 5.19. The maximum atomic E-state index is 10.1. The van der Waals surface area contributed by atoms with Gasteiger partial charge in [0.05, 0.1) is 0 Å². The molecule has 0 aromatic heterocycles. The van der Waals surface area contributed by atoms with Crippen molar-refractivity contribution in [3.63, 3.8) is 0 Å². The number of nitrogens with zero attached hydrogens (tertiary/aromatic N) is 1. The van der Waals surface area contributed by atoms with Gasteiger partial charge in [0.15, 0.2) is 0 Å². The van der Waals surface area contributed by atoms with Gasteiger partial charge in [-0.05, 0) is 85.0 Å². The van der Waals surface area contributed by atoms with E-state index in [0.717, 1.165) is 51.8 Å². The number of ether oxygens (including phenoxy) is 2. The summed E-state index contributed by atoms with van der Waals surface area (Å²) in [5, 5.41) is 10.8. The van der Waals surface area contributed by atoms with Gasteiger partial charge in [0.25, 0.3) is 0 Å². The second kappa shape index (κ2) is 10.3. The monoisotopic (exact) mass is 489 g/mol. The fourth-order valence-corrected chi connectivity index (χ4v) is 5.28. The number of rotatable bonds is 7. The Morgan fingerprint density at radius 1 is 1.06 bits per heavy atom. The topological polar surface area (TPSA) is 41.9 Å². The van der Waals surface area contributed by atoms with Gasteiger partial charge in [-0.1, -0.05) is 49.2 Å². The quantitative estimate of drug-likeness (QED) is 0.380. The van der Waals surface area contributed by atoms with Gasteiger partial charge in [-0.3, -0.25) is 4.90 Å². The van der Waals surface area contributed by atoms with Crippen LogP contribution < -0.4 is 9.47 Å². The molecule has 0 saturated carbocycles. The van der Waals surface area contributed by atoms with Gasteiger partial charge in [-0.25, -0.2) is 0 Å². The first-order chi connectivity index (χ1) is 17.0. The SMILES string of the molecule is CC[C@@H]1CCN(CCOc2ccc(C3Oc4ccc(O)cc4C(C)=C3c3ccc(Cl)cc3)cc2)C1. The maximum absolute atomic E-state index is 10.1. The first-order valence-electron chi connectivity index (χ1n) is 12.4. The highest BCUT2D eigenvalue weighted by molar-refractivity contribution is 6.30. The molecule has 0 bridgehead atoms. The number of allylic oxidation sites excluding steroid dienone is 1. The molecule has 0 amide bonds. The molecule has 0 radical (unpaired) electrons. The first-order valence-corrected chi connectivity index (χ1v) is 12.8. The molecule has 1 unspecified atom stereocenters. The summed E-state index contributed by atoms with van der Waals surface area (Å²) in [6.45, 7) is 8.39. The molecule has 2 aliphatic rings. The highest BCUT2D eigenvalue weighted by Gasteiger charge is 2.29. The van der Waals surface area contributed by atoms with Gasteiger partial charge in [0, 0.05) is 29.2 Å². The van der Waals surface area contributed by atoms with Gasteiger partial charge >= 0.3 is 0 Å². The number of fused-ring (bicyclic) bond motifs is 1. The Balaban J connectivity index is 1.36. The average molecular weight is 490 g/mol. The smallest absolute Gasteiger partial charge is 0.150 e. The number of aromatic hydroxyl groups is 1. The van der Waals surface area contributed by atoms with Crippen LogP contribution in [0.5, 0.6) is 17.2 Å². The number of hydrogen-bond acceptors (Lipinski definition) is 4. The summed E-state index contributed by atoms with van der Waals surface area (Å²) in [5.74, 6) is 2.70. The molecule has 3 aromatic rings. The molecule has 4 nitrogen and oxygen atoms in total. The summed E-state index contributed by atoms with van der Waals surface area (Å²) >= 11 is 6.16. The molecule has 1 fully saturated rings. The molecule has 182 valence electrons. The van der Waals surface area contributed by atoms with E-state index in [9.17, 15) is 5.11 Å². The largest absolute Gasteiger partial charge is 0.508 e. The fraction of sp³-hybridized carbons (Fsp3) is 0.333. The summed E-state index contributed by atoms with van der Waals surface area (Å²) in [6.07, 6.45) is 2.29. The van der Waals surface area contributed by atoms with Crippen molar-refractivity contribution < 1.29 is 14.6 Å². The van der Waals surface area contributed by atoms with Gasteiger partial charge in [-0.15, -0.1) is 0 Å². The molecule has 2 atom stereocenters. The van der Waals surface area contributed by atoms with Crippen molar-refractivity contribution in [2.45, 2.75) is 32.8 Å². The van der Waals surface area contributed by atoms with Gasteiger partial charge < -0.3 is 14.6 Å². The Hall–Kier alpha value is -2.95. The van der Waals surface area contributed by atoms with E-state index in [1.54, 1.807) is 12.1 Å². The zero-order valence-corrected chi connectivity index (χ0v) is 21.1. The summed E-state index contributed by atoms with van der Waals surface area (Å²) in [7, 11) is 0. The lowest BCUT2D eigenvalue weighted by molar-refractivity contribution is 0.232. The molecule has 1 saturated heterocycles. The predicted octanol–water partition coefficient (Wildman–Crippen LogP) is 7.22. The molecule has 0 spiro atoms. The third-order valence-electron chi connectivity index (χ3n) is 7.24. The second-order valence-corrected chi connectivity index (χ2v) is 9.94. The van der Waals surface area contributed by atoms with Gasteiger partial charge in [-0.2, -0.15) is 0 Å². The lowest BCUT2D eigenvalue weighted by Crippen LogP contribution is -2.26. The van der Waals surface area contributed by atoms with Crippen molar-refractivity contribution in [1.82, 2.24) is 4.90 Å². The lowest BCUT2D eigenvalue weighted by atomic mass is 9.86. The Labute approximate surface area is 212 Å². The third-order valence-corrected chi connectivity index (χ3v) is 7.49. The van der Waals surface area contributed by atoms with E-state index in [1.807, 2.05) is 42.5 Å². The molecule has 5 heteroatoms. The first kappa shape index (κ1) is 23.8. The number of halogens is 1. The Bertz CT molecular complexity index is 1200. The van der Waals surface area contributed by atoms with Crippen molar-refractivity contribution in [2.24, 2.45) is 5.92 Å². The van der Waals surface area contributed by atoms with Crippen LogP contribution in [0.1, 0.15) is 49.5 Å². The van der Waals surface area contributed by atoms with E-state index in [1.165, 1.54) is 25.9 Å². The van der Waals surface area contributed by atoms with Crippen LogP contribution in [0.25, 0.3) is 11.1 Å². The maximum Gasteiger partial charge on any atom is 0.150 e. The van der Waals surface area contributed by atoms with Crippen molar-refractivity contribution in [2.75, 3.05) is 26.2 Å². The van der Waals surface area contributed by atoms with Crippen molar-refractivity contribution in [1.29, 1.82) is 0 Å². The zero-order chi connectivity index (χ0) is 24.4. The number of likely N-dealkylation sites (tertiary alicyclic amines) is 1. The van der Waals surface area contributed by atoms with E-state index < -0.39 is 0 Å².